The van der Waals surface area contributed by atoms with E-state index in [0.717, 1.165) is 17.0 Å². The summed E-state index contributed by atoms with van der Waals surface area (Å²) in [6.45, 7) is 4.29. The molecule has 2 rings (SSSR count). The second kappa shape index (κ2) is 9.87. The minimum atomic E-state index is -0.0649. The zero-order chi connectivity index (χ0) is 21.6. The van der Waals surface area contributed by atoms with Gasteiger partial charge in [-0.25, -0.2) is 0 Å². The van der Waals surface area contributed by atoms with Gasteiger partial charge in [-0.05, 0) is 61.4 Å². The number of methoxy groups -OCH3 is 3. The van der Waals surface area contributed by atoms with Crippen molar-refractivity contribution in [2.24, 2.45) is 0 Å². The molecule has 0 saturated carbocycles. The van der Waals surface area contributed by atoms with Crippen molar-refractivity contribution in [2.45, 2.75) is 13.8 Å². The number of Topliss-reactive ketones (excluding diaryl/α,β-unsaturated/α-hetero) is 1. The molecule has 29 heavy (non-hydrogen) atoms. The van der Waals surface area contributed by atoms with Crippen LogP contribution in [0.15, 0.2) is 35.9 Å². The van der Waals surface area contributed by atoms with E-state index in [4.69, 9.17) is 18.9 Å². The third kappa shape index (κ3) is 5.02. The molecule has 0 heterocycles. The van der Waals surface area contributed by atoms with Crippen molar-refractivity contribution in [3.8, 4) is 23.0 Å². The van der Waals surface area contributed by atoms with Crippen LogP contribution >= 0.6 is 0 Å². The Balaban J connectivity index is 2.42. The van der Waals surface area contributed by atoms with Crippen molar-refractivity contribution >= 4 is 17.5 Å². The summed E-state index contributed by atoms with van der Waals surface area (Å²) in [7, 11) is 8.52. The van der Waals surface area contributed by atoms with Crippen LogP contribution in [0.1, 0.15) is 29.8 Å². The number of rotatable bonds is 9. The Hall–Kier alpha value is -3.15. The molecule has 0 radical (unpaired) electrons. The number of carbonyl (C=O) groups is 1. The second-order valence-corrected chi connectivity index (χ2v) is 6.63. The Morgan fingerprint density at radius 2 is 1.59 bits per heavy atom. The summed E-state index contributed by atoms with van der Waals surface area (Å²) in [4.78, 5) is 14.9. The van der Waals surface area contributed by atoms with Gasteiger partial charge in [0.2, 0.25) is 5.75 Å². The topological polar surface area (TPSA) is 57.2 Å². The van der Waals surface area contributed by atoms with E-state index in [0.29, 0.717) is 35.0 Å². The largest absolute Gasteiger partial charge is 0.493 e. The summed E-state index contributed by atoms with van der Waals surface area (Å²) in [5.74, 6) is 2.27. The van der Waals surface area contributed by atoms with Gasteiger partial charge in [0.15, 0.2) is 17.3 Å². The first kappa shape index (κ1) is 22.1. The molecule has 2 aromatic carbocycles. The minimum Gasteiger partial charge on any atom is -0.493 e. The third-order valence-corrected chi connectivity index (χ3v) is 4.43. The first-order valence-corrected chi connectivity index (χ1v) is 9.33. The summed E-state index contributed by atoms with van der Waals surface area (Å²) in [5, 5.41) is 0. The number of nitrogens with zero attached hydrogens (tertiary/aromatic N) is 1. The van der Waals surface area contributed by atoms with E-state index < -0.39 is 0 Å². The highest BCUT2D eigenvalue weighted by atomic mass is 16.5. The van der Waals surface area contributed by atoms with Crippen LogP contribution in [0.4, 0.5) is 5.69 Å². The minimum absolute atomic E-state index is 0.0649. The average Bonchev–Trinajstić information content (AvgIpc) is 2.72. The molecule has 0 fully saturated rings. The Kier molecular flexibility index (Phi) is 7.53. The Labute approximate surface area is 172 Å². The van der Waals surface area contributed by atoms with Crippen LogP contribution in [0.3, 0.4) is 0 Å². The number of allylic oxidation sites excluding steroid dienone is 1. The zero-order valence-corrected chi connectivity index (χ0v) is 18.2. The number of ether oxygens (including phenoxy) is 4. The molecule has 6 nitrogen and oxygen atoms in total. The van der Waals surface area contributed by atoms with E-state index in [-0.39, 0.29) is 5.78 Å². The summed E-state index contributed by atoms with van der Waals surface area (Å²) >= 11 is 0. The number of anilines is 1. The summed E-state index contributed by atoms with van der Waals surface area (Å²) in [5.41, 5.74) is 2.83. The smallest absolute Gasteiger partial charge is 0.203 e. The van der Waals surface area contributed by atoms with E-state index in [2.05, 4.69) is 0 Å². The van der Waals surface area contributed by atoms with Crippen molar-refractivity contribution in [3.63, 3.8) is 0 Å². The number of benzene rings is 2. The van der Waals surface area contributed by atoms with Crippen LogP contribution in [0, 0.1) is 0 Å². The lowest BCUT2D eigenvalue weighted by Gasteiger charge is -2.18. The maximum absolute atomic E-state index is 13.0. The molecule has 0 bridgehead atoms. The molecule has 0 aliphatic carbocycles. The predicted molar refractivity (Wildman–Crippen MR) is 116 cm³/mol. The van der Waals surface area contributed by atoms with Crippen LogP contribution in [0.5, 0.6) is 23.0 Å². The van der Waals surface area contributed by atoms with Gasteiger partial charge in [-0.3, -0.25) is 4.79 Å². The zero-order valence-electron chi connectivity index (χ0n) is 18.2. The van der Waals surface area contributed by atoms with Crippen molar-refractivity contribution in [2.75, 3.05) is 46.9 Å². The molecule has 2 aromatic rings. The van der Waals surface area contributed by atoms with Crippen molar-refractivity contribution in [1.82, 2.24) is 0 Å². The second-order valence-electron chi connectivity index (χ2n) is 6.63. The van der Waals surface area contributed by atoms with E-state index in [9.17, 15) is 4.79 Å². The van der Waals surface area contributed by atoms with E-state index in [1.54, 1.807) is 40.4 Å². The lowest BCUT2D eigenvalue weighted by molar-refractivity contribution is 0.103. The summed E-state index contributed by atoms with van der Waals surface area (Å²) in [6.07, 6.45) is 1.80. The van der Waals surface area contributed by atoms with Crippen LogP contribution in [-0.2, 0) is 0 Å². The van der Waals surface area contributed by atoms with Crippen molar-refractivity contribution in [3.05, 3.63) is 47.0 Å². The highest BCUT2D eigenvalue weighted by Crippen LogP contribution is 2.39. The van der Waals surface area contributed by atoms with Gasteiger partial charge in [-0.15, -0.1) is 0 Å². The third-order valence-electron chi connectivity index (χ3n) is 4.43. The molecule has 0 atom stereocenters. The predicted octanol–water partition coefficient (Wildman–Crippen LogP) is 4.46. The maximum atomic E-state index is 13.0. The fraction of sp³-hybridized carbons (Fsp3) is 0.348. The molecule has 0 N–H and O–H groups in total. The molecule has 0 aromatic heterocycles. The quantitative estimate of drug-likeness (QED) is 0.458. The van der Waals surface area contributed by atoms with Gasteiger partial charge in [0, 0.05) is 19.7 Å². The normalized spacial score (nSPS) is 11.1. The van der Waals surface area contributed by atoms with Crippen molar-refractivity contribution in [1.29, 1.82) is 0 Å². The highest BCUT2D eigenvalue weighted by molar-refractivity contribution is 6.11. The summed E-state index contributed by atoms with van der Waals surface area (Å²) < 4.78 is 21.8. The van der Waals surface area contributed by atoms with Crippen LogP contribution in [-0.4, -0.2) is 47.8 Å². The van der Waals surface area contributed by atoms with Gasteiger partial charge in [-0.2, -0.15) is 0 Å². The Morgan fingerprint density at radius 1 is 0.966 bits per heavy atom. The molecular formula is C23H29NO5. The SMILES string of the molecule is CCOc1ccc(C(=O)C(C)=Cc2cc(OC)c(OC)c(OC)c2)cc1N(C)C. The number of hydrogen-bond acceptors (Lipinski definition) is 6. The van der Waals surface area contributed by atoms with Gasteiger partial charge < -0.3 is 23.8 Å². The lowest BCUT2D eigenvalue weighted by Crippen LogP contribution is -2.12. The molecule has 0 saturated heterocycles. The first-order valence-electron chi connectivity index (χ1n) is 9.33. The Morgan fingerprint density at radius 3 is 2.07 bits per heavy atom. The maximum Gasteiger partial charge on any atom is 0.203 e. The first-order chi connectivity index (χ1) is 13.9. The van der Waals surface area contributed by atoms with Gasteiger partial charge in [0.1, 0.15) is 5.75 Å². The fourth-order valence-electron chi connectivity index (χ4n) is 3.01. The van der Waals surface area contributed by atoms with Gasteiger partial charge >= 0.3 is 0 Å². The molecule has 0 amide bonds. The van der Waals surface area contributed by atoms with Gasteiger partial charge in [0.05, 0.1) is 33.6 Å². The lowest BCUT2D eigenvalue weighted by atomic mass is 10.0. The van der Waals surface area contributed by atoms with Crippen LogP contribution in [0.25, 0.3) is 6.08 Å². The summed E-state index contributed by atoms with van der Waals surface area (Å²) in [6, 6.07) is 9.08. The average molecular weight is 399 g/mol. The van der Waals surface area contributed by atoms with Crippen molar-refractivity contribution < 1.29 is 23.7 Å². The fourth-order valence-corrected chi connectivity index (χ4v) is 3.01. The number of ketones is 1. The van der Waals surface area contributed by atoms with Gasteiger partial charge in [-0.1, -0.05) is 0 Å². The van der Waals surface area contributed by atoms with E-state index in [1.165, 1.54) is 0 Å². The van der Waals surface area contributed by atoms with E-state index in [1.807, 2.05) is 50.2 Å². The molecule has 0 aliphatic rings. The number of carbonyl (C=O) groups excluding carboxylic acids is 1. The highest BCUT2D eigenvalue weighted by Gasteiger charge is 2.16. The molecule has 0 unspecified atom stereocenters. The Bertz CT molecular complexity index is 877. The van der Waals surface area contributed by atoms with Crippen LogP contribution in [0.2, 0.25) is 0 Å². The standard InChI is InChI=1S/C23H29NO5/c1-8-29-19-10-9-17(14-18(19)24(3)4)22(25)15(2)11-16-12-20(26-5)23(28-7)21(13-16)27-6/h9-14H,8H2,1-7H3. The van der Waals surface area contributed by atoms with Crippen LogP contribution < -0.4 is 23.8 Å². The molecule has 0 aliphatic heterocycles. The van der Waals surface area contributed by atoms with E-state index >= 15 is 0 Å². The molecular weight excluding hydrogens is 370 g/mol. The molecule has 6 heteroatoms. The number of hydrogen-bond donors (Lipinski definition) is 0. The molecule has 156 valence electrons. The van der Waals surface area contributed by atoms with Gasteiger partial charge in [0.25, 0.3) is 0 Å². The molecule has 0 spiro atoms. The monoisotopic (exact) mass is 399 g/mol.